The van der Waals surface area contributed by atoms with Gasteiger partial charge >= 0.3 is 0 Å². The van der Waals surface area contributed by atoms with Gasteiger partial charge in [-0.3, -0.25) is 4.99 Å². The molecule has 1 rings (SSSR count). The predicted molar refractivity (Wildman–Crippen MR) is 90.6 cm³/mol. The molecule has 0 aliphatic heterocycles. The van der Waals surface area contributed by atoms with Crippen LogP contribution in [0.3, 0.4) is 0 Å². The van der Waals surface area contributed by atoms with Gasteiger partial charge in [0.15, 0.2) is 5.96 Å². The molecule has 22 heavy (non-hydrogen) atoms. The maximum atomic E-state index is 11.1. The van der Waals surface area contributed by atoms with Crippen LogP contribution in [0, 0.1) is 0 Å². The van der Waals surface area contributed by atoms with Crippen LogP contribution in [-0.2, 0) is 9.84 Å². The van der Waals surface area contributed by atoms with E-state index in [1.807, 2.05) is 6.92 Å². The first-order chi connectivity index (χ1) is 10.3. The van der Waals surface area contributed by atoms with Crippen LogP contribution in [0.15, 0.2) is 29.3 Å². The van der Waals surface area contributed by atoms with Crippen molar-refractivity contribution >= 4 is 27.4 Å². The number of benzene rings is 1. The summed E-state index contributed by atoms with van der Waals surface area (Å²) in [6.07, 6.45) is 1.11. The van der Waals surface area contributed by atoms with E-state index in [1.165, 1.54) is 6.26 Å². The predicted octanol–water partition coefficient (Wildman–Crippen LogP) is 1.32. The van der Waals surface area contributed by atoms with E-state index >= 15 is 0 Å². The highest BCUT2D eigenvalue weighted by molar-refractivity contribution is 7.90. The highest BCUT2D eigenvalue weighted by Crippen LogP contribution is 2.16. The molecule has 0 bridgehead atoms. The molecular weight excluding hydrogens is 326 g/mol. The molecule has 0 saturated carbocycles. The zero-order chi connectivity index (χ0) is 16.6. The fourth-order valence-electron chi connectivity index (χ4n) is 1.60. The molecular formula is C14H22ClN3O3S. The average Bonchev–Trinajstić information content (AvgIpc) is 2.44. The minimum atomic E-state index is -2.98. The lowest BCUT2D eigenvalue weighted by Gasteiger charge is -2.17. The topological polar surface area (TPSA) is 79.8 Å². The Labute approximate surface area is 136 Å². The fraction of sp³-hybridized carbons (Fsp3) is 0.500. The highest BCUT2D eigenvalue weighted by atomic mass is 35.5. The number of sulfone groups is 1. The monoisotopic (exact) mass is 347 g/mol. The minimum absolute atomic E-state index is 0.0600. The molecule has 1 atom stereocenters. The van der Waals surface area contributed by atoms with Gasteiger partial charge in [0.25, 0.3) is 0 Å². The van der Waals surface area contributed by atoms with E-state index < -0.39 is 9.84 Å². The Bertz CT molecular complexity index is 588. The molecule has 1 aromatic carbocycles. The van der Waals surface area contributed by atoms with E-state index in [2.05, 4.69) is 15.6 Å². The maximum absolute atomic E-state index is 11.1. The van der Waals surface area contributed by atoms with Gasteiger partial charge in [0.1, 0.15) is 21.7 Å². The van der Waals surface area contributed by atoms with Crippen molar-refractivity contribution in [1.29, 1.82) is 0 Å². The lowest BCUT2D eigenvalue weighted by molar-refractivity contribution is 0.224. The van der Waals surface area contributed by atoms with Gasteiger partial charge in [0.2, 0.25) is 0 Å². The van der Waals surface area contributed by atoms with Crippen molar-refractivity contribution in [3.05, 3.63) is 29.3 Å². The number of hydrogen-bond donors (Lipinski definition) is 2. The third-order valence-corrected chi connectivity index (χ3v) is 3.89. The number of rotatable bonds is 7. The van der Waals surface area contributed by atoms with Crippen LogP contribution in [0.5, 0.6) is 5.75 Å². The molecule has 0 aliphatic rings. The van der Waals surface area contributed by atoms with E-state index in [0.717, 1.165) is 5.75 Å². The van der Waals surface area contributed by atoms with E-state index in [0.29, 0.717) is 24.1 Å². The van der Waals surface area contributed by atoms with Crippen molar-refractivity contribution in [1.82, 2.24) is 10.6 Å². The largest absolute Gasteiger partial charge is 0.489 e. The Morgan fingerprint density at radius 2 is 1.95 bits per heavy atom. The van der Waals surface area contributed by atoms with Gasteiger partial charge in [0, 0.05) is 24.9 Å². The smallest absolute Gasteiger partial charge is 0.191 e. The standard InChI is InChI=1S/C14H22ClN3O3S/c1-11(21-13-6-4-12(15)5-7-13)10-18-14(16-2)17-8-9-22(3,19)20/h4-7,11H,8-10H2,1-3H3,(H2,16,17,18). The van der Waals surface area contributed by atoms with Gasteiger partial charge in [-0.05, 0) is 31.2 Å². The summed E-state index contributed by atoms with van der Waals surface area (Å²) in [5.74, 6) is 1.33. The van der Waals surface area contributed by atoms with Crippen molar-refractivity contribution in [3.63, 3.8) is 0 Å². The molecule has 1 aromatic rings. The van der Waals surface area contributed by atoms with Crippen molar-refractivity contribution in [3.8, 4) is 5.75 Å². The Balaban J connectivity index is 2.34. The van der Waals surface area contributed by atoms with Crippen LogP contribution in [0.1, 0.15) is 6.92 Å². The van der Waals surface area contributed by atoms with Gasteiger partial charge in [-0.15, -0.1) is 0 Å². The number of aliphatic imine (C=N–C) groups is 1. The summed E-state index contributed by atoms with van der Waals surface area (Å²) in [5.41, 5.74) is 0. The van der Waals surface area contributed by atoms with Crippen LogP contribution >= 0.6 is 11.6 Å². The van der Waals surface area contributed by atoms with E-state index in [4.69, 9.17) is 16.3 Å². The molecule has 0 aromatic heterocycles. The Kier molecular flexibility index (Phi) is 7.47. The third-order valence-electron chi connectivity index (χ3n) is 2.70. The number of guanidine groups is 1. The Morgan fingerprint density at radius 1 is 1.32 bits per heavy atom. The fourth-order valence-corrected chi connectivity index (χ4v) is 2.20. The SMILES string of the molecule is CN=C(NCCS(C)(=O)=O)NCC(C)Oc1ccc(Cl)cc1. The highest BCUT2D eigenvalue weighted by Gasteiger charge is 2.07. The summed E-state index contributed by atoms with van der Waals surface area (Å²) in [5, 5.41) is 6.68. The first-order valence-corrected chi connectivity index (χ1v) is 9.28. The van der Waals surface area contributed by atoms with Gasteiger partial charge < -0.3 is 15.4 Å². The van der Waals surface area contributed by atoms with E-state index in [1.54, 1.807) is 31.3 Å². The molecule has 0 radical (unpaired) electrons. The molecule has 0 spiro atoms. The van der Waals surface area contributed by atoms with Crippen LogP contribution in [0.25, 0.3) is 0 Å². The molecule has 8 heteroatoms. The summed E-state index contributed by atoms with van der Waals surface area (Å²) < 4.78 is 27.9. The maximum Gasteiger partial charge on any atom is 0.191 e. The first-order valence-electron chi connectivity index (χ1n) is 6.84. The van der Waals surface area contributed by atoms with Crippen molar-refractivity contribution in [2.75, 3.05) is 32.1 Å². The van der Waals surface area contributed by atoms with Gasteiger partial charge in [0.05, 0.1) is 12.3 Å². The quantitative estimate of drug-likeness (QED) is 0.574. The zero-order valence-corrected chi connectivity index (χ0v) is 14.5. The molecule has 1 unspecified atom stereocenters. The first kappa shape index (κ1) is 18.6. The Morgan fingerprint density at radius 3 is 2.50 bits per heavy atom. The lowest BCUT2D eigenvalue weighted by atomic mass is 10.3. The second-order valence-electron chi connectivity index (χ2n) is 4.89. The second-order valence-corrected chi connectivity index (χ2v) is 7.59. The zero-order valence-electron chi connectivity index (χ0n) is 13.0. The number of ether oxygens (including phenoxy) is 1. The molecule has 0 fully saturated rings. The van der Waals surface area contributed by atoms with Crippen LogP contribution < -0.4 is 15.4 Å². The number of hydrogen-bond acceptors (Lipinski definition) is 4. The molecule has 0 amide bonds. The second kappa shape index (κ2) is 8.85. The normalized spacial score (nSPS) is 13.5. The number of halogens is 1. The Hall–Kier alpha value is -1.47. The molecule has 0 aliphatic carbocycles. The third kappa shape index (κ3) is 8.09. The van der Waals surface area contributed by atoms with Crippen LogP contribution in [0.4, 0.5) is 0 Å². The van der Waals surface area contributed by atoms with E-state index in [-0.39, 0.29) is 11.9 Å². The summed E-state index contributed by atoms with van der Waals surface area (Å²) in [6, 6.07) is 7.14. The minimum Gasteiger partial charge on any atom is -0.489 e. The lowest BCUT2D eigenvalue weighted by Crippen LogP contribution is -2.43. The summed E-state index contributed by atoms with van der Waals surface area (Å²) in [4.78, 5) is 4.02. The summed E-state index contributed by atoms with van der Waals surface area (Å²) in [6.45, 7) is 2.76. The summed E-state index contributed by atoms with van der Waals surface area (Å²) in [7, 11) is -1.36. The van der Waals surface area contributed by atoms with Crippen molar-refractivity contribution < 1.29 is 13.2 Å². The molecule has 0 heterocycles. The number of nitrogens with one attached hydrogen (secondary N) is 2. The van der Waals surface area contributed by atoms with Crippen molar-refractivity contribution in [2.45, 2.75) is 13.0 Å². The average molecular weight is 348 g/mol. The van der Waals surface area contributed by atoms with Gasteiger partial charge in [-0.1, -0.05) is 11.6 Å². The van der Waals surface area contributed by atoms with E-state index in [9.17, 15) is 8.42 Å². The molecule has 6 nitrogen and oxygen atoms in total. The number of nitrogens with zero attached hydrogens (tertiary/aromatic N) is 1. The van der Waals surface area contributed by atoms with Gasteiger partial charge in [-0.2, -0.15) is 0 Å². The molecule has 0 saturated heterocycles. The van der Waals surface area contributed by atoms with Crippen molar-refractivity contribution in [2.24, 2.45) is 4.99 Å². The van der Waals surface area contributed by atoms with Crippen LogP contribution in [0.2, 0.25) is 5.02 Å². The van der Waals surface area contributed by atoms with Crippen LogP contribution in [-0.4, -0.2) is 52.6 Å². The van der Waals surface area contributed by atoms with Gasteiger partial charge in [-0.25, -0.2) is 8.42 Å². The molecule has 2 N–H and O–H groups in total. The summed E-state index contributed by atoms with van der Waals surface area (Å²) >= 11 is 5.82. The molecule has 124 valence electrons.